The molecule has 20 heavy (non-hydrogen) atoms. The van der Waals surface area contributed by atoms with Gasteiger partial charge < -0.3 is 5.73 Å². The van der Waals surface area contributed by atoms with Gasteiger partial charge in [-0.2, -0.15) is 0 Å². The molecule has 0 saturated carbocycles. The number of aromatic nitrogens is 2. The molecular weight excluding hydrogens is 294 g/mol. The van der Waals surface area contributed by atoms with Crippen molar-refractivity contribution >= 4 is 39.2 Å². The van der Waals surface area contributed by atoms with E-state index in [-0.39, 0.29) is 11.3 Å². The van der Waals surface area contributed by atoms with Crippen LogP contribution in [0.25, 0.3) is 10.2 Å². The molecule has 0 aromatic carbocycles. The van der Waals surface area contributed by atoms with E-state index in [1.807, 2.05) is 13.8 Å². The maximum atomic E-state index is 12.6. The summed E-state index contributed by atoms with van der Waals surface area (Å²) in [6, 6.07) is 0. The highest BCUT2D eigenvalue weighted by molar-refractivity contribution is 7.99. The van der Waals surface area contributed by atoms with Crippen molar-refractivity contribution in [1.82, 2.24) is 9.55 Å². The monoisotopic (exact) mass is 309 g/mol. The number of hydrogen-bond acceptors (Lipinski definition) is 5. The van der Waals surface area contributed by atoms with E-state index in [0.717, 1.165) is 10.4 Å². The SMILES string of the molecule is C=CCn1c(SCC(N)=O)nc2sc(C)c(C)c2c1=O. The predicted molar refractivity (Wildman–Crippen MR) is 83.5 cm³/mol. The van der Waals surface area contributed by atoms with Crippen LogP contribution < -0.4 is 11.3 Å². The Balaban J connectivity index is 2.66. The molecule has 0 aliphatic carbocycles. The standard InChI is InChI=1S/C13H15N3O2S2/c1-4-5-16-12(18)10-7(2)8(3)20-11(10)15-13(16)19-6-9(14)17/h4H,1,5-6H2,2-3H3,(H2,14,17). The average molecular weight is 309 g/mol. The van der Waals surface area contributed by atoms with Gasteiger partial charge in [0.05, 0.1) is 11.1 Å². The number of nitrogens with zero attached hydrogens (tertiary/aromatic N) is 2. The number of thiophene rings is 1. The maximum absolute atomic E-state index is 12.6. The normalized spacial score (nSPS) is 10.9. The van der Waals surface area contributed by atoms with Crippen molar-refractivity contribution in [2.45, 2.75) is 25.5 Å². The van der Waals surface area contributed by atoms with Gasteiger partial charge in [0.25, 0.3) is 5.56 Å². The largest absolute Gasteiger partial charge is 0.369 e. The Morgan fingerprint density at radius 1 is 1.55 bits per heavy atom. The maximum Gasteiger partial charge on any atom is 0.263 e. The van der Waals surface area contributed by atoms with Gasteiger partial charge in [-0.25, -0.2) is 4.98 Å². The van der Waals surface area contributed by atoms with Crippen LogP contribution in [0.5, 0.6) is 0 Å². The Labute approximate surface area is 124 Å². The third-order valence-corrected chi connectivity index (χ3v) is 5.01. The number of primary amides is 1. The molecule has 0 bridgehead atoms. The Kier molecular flexibility index (Phi) is 4.29. The number of amides is 1. The van der Waals surface area contributed by atoms with Crippen LogP contribution in [0.2, 0.25) is 0 Å². The van der Waals surface area contributed by atoms with E-state index < -0.39 is 5.91 Å². The molecule has 2 aromatic heterocycles. The van der Waals surface area contributed by atoms with E-state index in [2.05, 4.69) is 11.6 Å². The summed E-state index contributed by atoms with van der Waals surface area (Å²) in [5, 5.41) is 1.15. The highest BCUT2D eigenvalue weighted by Crippen LogP contribution is 2.28. The lowest BCUT2D eigenvalue weighted by Gasteiger charge is -2.09. The summed E-state index contributed by atoms with van der Waals surface area (Å²) in [5.41, 5.74) is 6.02. The molecule has 0 saturated heterocycles. The predicted octanol–water partition coefficient (Wildman–Crippen LogP) is 1.84. The van der Waals surface area contributed by atoms with E-state index >= 15 is 0 Å². The van der Waals surface area contributed by atoms with Gasteiger partial charge >= 0.3 is 0 Å². The van der Waals surface area contributed by atoms with Crippen molar-refractivity contribution < 1.29 is 4.79 Å². The zero-order valence-corrected chi connectivity index (χ0v) is 12.9. The smallest absolute Gasteiger partial charge is 0.263 e. The summed E-state index contributed by atoms with van der Waals surface area (Å²) in [7, 11) is 0. The first-order valence-corrected chi connectivity index (χ1v) is 7.78. The first kappa shape index (κ1) is 14.8. The molecule has 5 nitrogen and oxygen atoms in total. The number of rotatable bonds is 5. The van der Waals surface area contributed by atoms with Crippen LogP contribution in [-0.4, -0.2) is 21.2 Å². The summed E-state index contributed by atoms with van der Waals surface area (Å²) >= 11 is 2.66. The second kappa shape index (κ2) is 5.80. The summed E-state index contributed by atoms with van der Waals surface area (Å²) in [4.78, 5) is 29.8. The van der Waals surface area contributed by atoms with Gasteiger partial charge in [-0.3, -0.25) is 14.2 Å². The van der Waals surface area contributed by atoms with Gasteiger partial charge in [0.2, 0.25) is 5.91 Å². The molecule has 0 aliphatic heterocycles. The minimum absolute atomic E-state index is 0.0938. The Hall–Kier alpha value is -1.60. The molecular formula is C13H15N3O2S2. The number of allylic oxidation sites excluding steroid dienone is 1. The van der Waals surface area contributed by atoms with Gasteiger partial charge in [0, 0.05) is 11.4 Å². The fraction of sp³-hybridized carbons (Fsp3) is 0.308. The first-order chi connectivity index (χ1) is 9.45. The fourth-order valence-electron chi connectivity index (χ4n) is 1.84. The van der Waals surface area contributed by atoms with Crippen molar-refractivity contribution in [3.05, 3.63) is 33.4 Å². The zero-order valence-electron chi connectivity index (χ0n) is 11.3. The van der Waals surface area contributed by atoms with E-state index in [1.165, 1.54) is 27.7 Å². The van der Waals surface area contributed by atoms with Crippen molar-refractivity contribution in [1.29, 1.82) is 0 Å². The van der Waals surface area contributed by atoms with E-state index in [1.54, 1.807) is 6.08 Å². The van der Waals surface area contributed by atoms with Crippen LogP contribution in [-0.2, 0) is 11.3 Å². The molecule has 0 radical (unpaired) electrons. The lowest BCUT2D eigenvalue weighted by atomic mass is 10.2. The number of nitrogens with two attached hydrogens (primary N) is 1. The van der Waals surface area contributed by atoms with Crippen molar-refractivity contribution in [2.24, 2.45) is 5.73 Å². The number of thioether (sulfide) groups is 1. The molecule has 2 rings (SSSR count). The second-order valence-electron chi connectivity index (χ2n) is 4.32. The van der Waals surface area contributed by atoms with Crippen LogP contribution in [0.1, 0.15) is 10.4 Å². The van der Waals surface area contributed by atoms with Crippen LogP contribution in [0.4, 0.5) is 0 Å². The van der Waals surface area contributed by atoms with Gasteiger partial charge in [-0.05, 0) is 19.4 Å². The minimum atomic E-state index is -0.437. The Morgan fingerprint density at radius 3 is 2.85 bits per heavy atom. The highest BCUT2D eigenvalue weighted by atomic mass is 32.2. The molecule has 0 fully saturated rings. The third kappa shape index (κ3) is 2.64. The summed E-state index contributed by atoms with van der Waals surface area (Å²) in [5.74, 6) is -0.341. The molecule has 0 atom stereocenters. The summed E-state index contributed by atoms with van der Waals surface area (Å²) in [6.45, 7) is 7.90. The highest BCUT2D eigenvalue weighted by Gasteiger charge is 2.16. The molecule has 0 unspecified atom stereocenters. The molecule has 1 amide bonds. The van der Waals surface area contributed by atoms with Crippen LogP contribution in [0, 0.1) is 13.8 Å². The van der Waals surface area contributed by atoms with Gasteiger partial charge in [0.1, 0.15) is 4.83 Å². The van der Waals surface area contributed by atoms with Crippen LogP contribution in [0.3, 0.4) is 0 Å². The number of hydrogen-bond donors (Lipinski definition) is 1. The lowest BCUT2D eigenvalue weighted by Crippen LogP contribution is -2.23. The molecule has 2 aromatic rings. The van der Waals surface area contributed by atoms with E-state index in [4.69, 9.17) is 5.73 Å². The molecule has 0 spiro atoms. The fourth-order valence-corrected chi connectivity index (χ4v) is 3.66. The topological polar surface area (TPSA) is 78.0 Å². The number of carbonyl (C=O) groups excluding carboxylic acids is 1. The van der Waals surface area contributed by atoms with Crippen LogP contribution >= 0.6 is 23.1 Å². The molecule has 2 N–H and O–H groups in total. The van der Waals surface area contributed by atoms with Gasteiger partial charge in [-0.15, -0.1) is 17.9 Å². The van der Waals surface area contributed by atoms with Crippen molar-refractivity contribution in [3.8, 4) is 0 Å². The minimum Gasteiger partial charge on any atom is -0.369 e. The number of fused-ring (bicyclic) bond motifs is 1. The number of carbonyl (C=O) groups is 1. The zero-order chi connectivity index (χ0) is 14.9. The molecule has 2 heterocycles. The quantitative estimate of drug-likeness (QED) is 0.519. The summed E-state index contributed by atoms with van der Waals surface area (Å²) in [6.07, 6.45) is 1.64. The number of aryl methyl sites for hydroxylation is 2. The third-order valence-electron chi connectivity index (χ3n) is 2.91. The first-order valence-electron chi connectivity index (χ1n) is 5.98. The van der Waals surface area contributed by atoms with Gasteiger partial charge in [0.15, 0.2) is 5.16 Å². The molecule has 106 valence electrons. The second-order valence-corrected chi connectivity index (χ2v) is 6.46. The molecule has 7 heteroatoms. The Morgan fingerprint density at radius 2 is 2.25 bits per heavy atom. The van der Waals surface area contributed by atoms with E-state index in [0.29, 0.717) is 21.9 Å². The molecule has 0 aliphatic rings. The Bertz CT molecular complexity index is 746. The van der Waals surface area contributed by atoms with Crippen LogP contribution in [0.15, 0.2) is 22.6 Å². The van der Waals surface area contributed by atoms with Crippen molar-refractivity contribution in [3.63, 3.8) is 0 Å². The summed E-state index contributed by atoms with van der Waals surface area (Å²) < 4.78 is 1.53. The average Bonchev–Trinajstić information content (AvgIpc) is 2.66. The van der Waals surface area contributed by atoms with E-state index in [9.17, 15) is 9.59 Å². The van der Waals surface area contributed by atoms with Crippen molar-refractivity contribution in [2.75, 3.05) is 5.75 Å². The van der Waals surface area contributed by atoms with Gasteiger partial charge in [-0.1, -0.05) is 17.8 Å². The lowest BCUT2D eigenvalue weighted by molar-refractivity contribution is -0.115.